The highest BCUT2D eigenvalue weighted by Crippen LogP contribution is 2.29. The Morgan fingerprint density at radius 3 is 2.60 bits per heavy atom. The van der Waals surface area contributed by atoms with E-state index in [1.54, 1.807) is 4.90 Å². The zero-order valence-electron chi connectivity index (χ0n) is 16.5. The van der Waals surface area contributed by atoms with Gasteiger partial charge in [-0.3, -0.25) is 9.59 Å². The minimum Gasteiger partial charge on any atom is -0.301 e. The molecule has 0 atom stereocenters. The number of thioether (sulfide) groups is 1. The molecule has 4 rings (SSSR count). The summed E-state index contributed by atoms with van der Waals surface area (Å²) >= 11 is 2.83. The molecule has 0 saturated carbocycles. The quantitative estimate of drug-likeness (QED) is 0.599. The number of aryl methyl sites for hydroxylation is 1. The predicted octanol–water partition coefficient (Wildman–Crippen LogP) is 4.89. The fourth-order valence-corrected chi connectivity index (χ4v) is 4.69. The fourth-order valence-electron chi connectivity index (χ4n) is 3.15. The van der Waals surface area contributed by atoms with Crippen LogP contribution in [-0.2, 0) is 16.0 Å². The van der Waals surface area contributed by atoms with E-state index in [0.717, 1.165) is 28.9 Å². The van der Waals surface area contributed by atoms with Crippen molar-refractivity contribution in [3.05, 3.63) is 76.5 Å². The zero-order chi connectivity index (χ0) is 20.9. The van der Waals surface area contributed by atoms with Gasteiger partial charge >= 0.3 is 0 Å². The van der Waals surface area contributed by atoms with Crippen molar-refractivity contribution in [3.8, 4) is 11.3 Å². The molecular weight excluding hydrogens is 414 g/mol. The molecule has 2 heterocycles. The van der Waals surface area contributed by atoms with E-state index >= 15 is 0 Å². The van der Waals surface area contributed by atoms with Gasteiger partial charge in [-0.2, -0.15) is 0 Å². The number of carbonyl (C=O) groups is 2. The number of rotatable bonds is 6. The van der Waals surface area contributed by atoms with Gasteiger partial charge < -0.3 is 10.2 Å². The molecule has 0 fully saturated rings. The van der Waals surface area contributed by atoms with Crippen molar-refractivity contribution < 1.29 is 9.59 Å². The van der Waals surface area contributed by atoms with Gasteiger partial charge in [0, 0.05) is 10.9 Å². The standard InChI is InChI=1S/C23H21N3O2S2/c1-2-16-8-10-17(11-9-16)19-13-30-23(24-19)25-21(27)12-26-20(14-29-15-22(26)28)18-6-4-3-5-7-18/h3-11,13-14H,2,12,15H2,1H3,(H,24,25,27). The largest absolute Gasteiger partial charge is 0.301 e. The first-order valence-corrected chi connectivity index (χ1v) is 11.6. The van der Waals surface area contributed by atoms with E-state index in [0.29, 0.717) is 10.9 Å². The molecule has 0 unspecified atom stereocenters. The van der Waals surface area contributed by atoms with E-state index < -0.39 is 0 Å². The van der Waals surface area contributed by atoms with E-state index in [1.165, 1.54) is 28.7 Å². The van der Waals surface area contributed by atoms with E-state index in [2.05, 4.69) is 29.4 Å². The summed E-state index contributed by atoms with van der Waals surface area (Å²) in [7, 11) is 0. The Bertz CT molecular complexity index is 1080. The molecule has 2 amide bonds. The molecule has 0 spiro atoms. The second-order valence-corrected chi connectivity index (χ2v) is 8.51. The topological polar surface area (TPSA) is 62.3 Å². The van der Waals surface area contributed by atoms with Gasteiger partial charge in [-0.15, -0.1) is 23.1 Å². The normalized spacial score (nSPS) is 13.8. The lowest BCUT2D eigenvalue weighted by molar-refractivity contribution is -0.129. The van der Waals surface area contributed by atoms with Crippen molar-refractivity contribution in [1.29, 1.82) is 0 Å². The molecule has 0 bridgehead atoms. The number of thiazole rings is 1. The molecule has 7 heteroatoms. The molecule has 1 aliphatic heterocycles. The number of anilines is 1. The fraction of sp³-hybridized carbons (Fsp3) is 0.174. The van der Waals surface area contributed by atoms with Crippen molar-refractivity contribution >= 4 is 45.7 Å². The zero-order valence-corrected chi connectivity index (χ0v) is 18.1. The maximum atomic E-state index is 12.7. The van der Waals surface area contributed by atoms with Crippen LogP contribution in [0.2, 0.25) is 0 Å². The first kappa shape index (κ1) is 20.4. The van der Waals surface area contributed by atoms with Crippen LogP contribution in [0.1, 0.15) is 18.1 Å². The van der Waals surface area contributed by atoms with Gasteiger partial charge in [0.15, 0.2) is 5.13 Å². The van der Waals surface area contributed by atoms with Gasteiger partial charge in [0.05, 0.1) is 17.1 Å². The van der Waals surface area contributed by atoms with Crippen LogP contribution in [0.5, 0.6) is 0 Å². The third-order valence-corrected chi connectivity index (χ3v) is 6.33. The number of benzene rings is 2. The third kappa shape index (κ3) is 4.63. The summed E-state index contributed by atoms with van der Waals surface area (Å²) in [6.45, 7) is 2.08. The van der Waals surface area contributed by atoms with E-state index in [-0.39, 0.29) is 18.4 Å². The maximum Gasteiger partial charge on any atom is 0.246 e. The summed E-state index contributed by atoms with van der Waals surface area (Å²) in [5.41, 5.74) is 4.78. The van der Waals surface area contributed by atoms with Gasteiger partial charge in [-0.05, 0) is 23.0 Å². The molecule has 0 radical (unpaired) electrons. The second kappa shape index (κ2) is 9.28. The number of hydrogen-bond donors (Lipinski definition) is 1. The molecule has 2 aromatic carbocycles. The summed E-state index contributed by atoms with van der Waals surface area (Å²) in [4.78, 5) is 31.2. The molecule has 1 aliphatic rings. The van der Waals surface area contributed by atoms with Gasteiger partial charge in [0.25, 0.3) is 0 Å². The average molecular weight is 436 g/mol. The number of carbonyl (C=O) groups excluding carboxylic acids is 2. The molecule has 152 valence electrons. The molecule has 1 aromatic heterocycles. The Morgan fingerprint density at radius 1 is 1.10 bits per heavy atom. The molecule has 5 nitrogen and oxygen atoms in total. The van der Waals surface area contributed by atoms with Crippen molar-refractivity contribution in [2.75, 3.05) is 17.6 Å². The lowest BCUT2D eigenvalue weighted by atomic mass is 10.1. The number of amides is 2. The molecule has 1 N–H and O–H groups in total. The van der Waals surface area contributed by atoms with Crippen LogP contribution in [-0.4, -0.2) is 34.0 Å². The van der Waals surface area contributed by atoms with Crippen LogP contribution in [0.3, 0.4) is 0 Å². The Hall–Kier alpha value is -2.90. The van der Waals surface area contributed by atoms with Crippen LogP contribution >= 0.6 is 23.1 Å². The highest BCUT2D eigenvalue weighted by atomic mass is 32.2. The van der Waals surface area contributed by atoms with Gasteiger partial charge in [0.2, 0.25) is 11.8 Å². The molecule has 0 aliphatic carbocycles. The first-order chi connectivity index (χ1) is 14.6. The van der Waals surface area contributed by atoms with Gasteiger partial charge in [0.1, 0.15) is 6.54 Å². The van der Waals surface area contributed by atoms with E-state index in [1.807, 2.05) is 53.3 Å². The average Bonchev–Trinajstić information content (AvgIpc) is 3.24. The Balaban J connectivity index is 1.45. The van der Waals surface area contributed by atoms with Crippen molar-refractivity contribution in [2.24, 2.45) is 0 Å². The number of nitrogens with zero attached hydrogens (tertiary/aromatic N) is 2. The van der Waals surface area contributed by atoms with E-state index in [9.17, 15) is 9.59 Å². The van der Waals surface area contributed by atoms with Crippen LogP contribution in [0.15, 0.2) is 65.4 Å². The SMILES string of the molecule is CCc1ccc(-c2csc(NC(=O)CN3C(=O)CSC=C3c3ccccc3)n2)cc1. The highest BCUT2D eigenvalue weighted by molar-refractivity contribution is 8.03. The van der Waals surface area contributed by atoms with Crippen LogP contribution in [0.4, 0.5) is 5.13 Å². The number of nitrogens with one attached hydrogen (secondary N) is 1. The Kier molecular flexibility index (Phi) is 6.30. The Morgan fingerprint density at radius 2 is 1.87 bits per heavy atom. The minimum absolute atomic E-state index is 0.0414. The molecule has 3 aromatic rings. The second-order valence-electron chi connectivity index (χ2n) is 6.80. The molecule has 0 saturated heterocycles. The minimum atomic E-state index is -0.265. The molecule has 30 heavy (non-hydrogen) atoms. The lowest BCUT2D eigenvalue weighted by Gasteiger charge is -2.28. The first-order valence-electron chi connectivity index (χ1n) is 9.66. The summed E-state index contributed by atoms with van der Waals surface area (Å²) in [6, 6.07) is 17.9. The van der Waals surface area contributed by atoms with E-state index in [4.69, 9.17) is 0 Å². The smallest absolute Gasteiger partial charge is 0.246 e. The van der Waals surface area contributed by atoms with Crippen molar-refractivity contribution in [2.45, 2.75) is 13.3 Å². The summed E-state index contributed by atoms with van der Waals surface area (Å²) in [5, 5.41) is 7.22. The highest BCUT2D eigenvalue weighted by Gasteiger charge is 2.25. The predicted molar refractivity (Wildman–Crippen MR) is 124 cm³/mol. The van der Waals surface area contributed by atoms with Crippen LogP contribution < -0.4 is 5.32 Å². The summed E-state index contributed by atoms with van der Waals surface area (Å²) in [5.74, 6) is -0.00895. The Labute approximate surface area is 183 Å². The van der Waals surface area contributed by atoms with Gasteiger partial charge in [-0.25, -0.2) is 4.98 Å². The monoisotopic (exact) mass is 435 g/mol. The number of aromatic nitrogens is 1. The summed E-state index contributed by atoms with van der Waals surface area (Å²) < 4.78 is 0. The maximum absolute atomic E-state index is 12.7. The number of hydrogen-bond acceptors (Lipinski definition) is 5. The lowest BCUT2D eigenvalue weighted by Crippen LogP contribution is -2.39. The summed E-state index contributed by atoms with van der Waals surface area (Å²) in [6.07, 6.45) is 0.992. The third-order valence-electron chi connectivity index (χ3n) is 4.77. The van der Waals surface area contributed by atoms with Gasteiger partial charge in [-0.1, -0.05) is 61.5 Å². The van der Waals surface area contributed by atoms with Crippen LogP contribution in [0.25, 0.3) is 17.0 Å². The van der Waals surface area contributed by atoms with Crippen molar-refractivity contribution in [1.82, 2.24) is 9.88 Å². The molecular formula is C23H21N3O2S2. The van der Waals surface area contributed by atoms with Crippen LogP contribution in [0, 0.1) is 0 Å². The van der Waals surface area contributed by atoms with Crippen molar-refractivity contribution in [3.63, 3.8) is 0 Å².